The zero-order chi connectivity index (χ0) is 15.2. The summed E-state index contributed by atoms with van der Waals surface area (Å²) in [6.07, 6.45) is 6.41. The van der Waals surface area contributed by atoms with Crippen molar-refractivity contribution in [2.24, 2.45) is 0 Å². The molecule has 0 aliphatic rings. The van der Waals surface area contributed by atoms with Crippen molar-refractivity contribution in [3.8, 4) is 0 Å². The number of rotatable bonds is 6. The van der Waals surface area contributed by atoms with Crippen LogP contribution in [0.5, 0.6) is 0 Å². The minimum absolute atomic E-state index is 0.0776. The average molecular weight is 288 g/mol. The molecule has 5 nitrogen and oxygen atoms in total. The maximum absolute atomic E-state index is 12.4. The molecule has 2 aromatic rings. The Kier molecular flexibility index (Phi) is 5.09. The third kappa shape index (κ3) is 3.29. The third-order valence-corrected chi connectivity index (χ3v) is 3.33. The molecule has 0 fully saturated rings. The van der Waals surface area contributed by atoms with Crippen LogP contribution in [0.2, 0.25) is 0 Å². The van der Waals surface area contributed by atoms with E-state index < -0.39 is 5.97 Å². The van der Waals surface area contributed by atoms with E-state index in [1.807, 2.05) is 4.57 Å². The summed E-state index contributed by atoms with van der Waals surface area (Å²) in [7, 11) is 0. The smallest absolute Gasteiger partial charge is 0.343 e. The molecule has 2 aromatic heterocycles. The first kappa shape index (κ1) is 15.2. The predicted octanol–water partition coefficient (Wildman–Crippen LogP) is 2.76. The van der Waals surface area contributed by atoms with Crippen molar-refractivity contribution in [2.45, 2.75) is 39.7 Å². The average Bonchev–Trinajstić information content (AvgIpc) is 2.50. The van der Waals surface area contributed by atoms with E-state index in [-0.39, 0.29) is 17.6 Å². The molecular weight excluding hydrogens is 268 g/mol. The summed E-state index contributed by atoms with van der Waals surface area (Å²) in [5, 5.41) is 0.458. The number of carbonyl (C=O) groups is 1. The van der Waals surface area contributed by atoms with Crippen molar-refractivity contribution in [1.29, 1.82) is 0 Å². The van der Waals surface area contributed by atoms with Crippen LogP contribution in [0.15, 0.2) is 29.3 Å². The fraction of sp³-hybridized carbons (Fsp3) is 0.438. The second kappa shape index (κ2) is 7.02. The Morgan fingerprint density at radius 3 is 2.86 bits per heavy atom. The van der Waals surface area contributed by atoms with E-state index >= 15 is 0 Å². The summed E-state index contributed by atoms with van der Waals surface area (Å²) in [5.41, 5.74) is 0.379. The van der Waals surface area contributed by atoms with Crippen molar-refractivity contribution in [3.63, 3.8) is 0 Å². The van der Waals surface area contributed by atoms with Gasteiger partial charge >= 0.3 is 5.97 Å². The lowest BCUT2D eigenvalue weighted by Crippen LogP contribution is -2.21. The number of fused-ring (bicyclic) bond motifs is 1. The summed E-state index contributed by atoms with van der Waals surface area (Å²) in [4.78, 5) is 28.6. The Bertz CT molecular complexity index is 691. The molecule has 0 bridgehead atoms. The maximum Gasteiger partial charge on any atom is 0.343 e. The van der Waals surface area contributed by atoms with Crippen LogP contribution >= 0.6 is 0 Å². The quantitative estimate of drug-likeness (QED) is 0.605. The largest absolute Gasteiger partial charge is 0.462 e. The Balaban J connectivity index is 2.52. The minimum Gasteiger partial charge on any atom is -0.462 e. The van der Waals surface area contributed by atoms with Gasteiger partial charge in [0.25, 0.3) is 0 Å². The molecule has 0 aliphatic carbocycles. The summed E-state index contributed by atoms with van der Waals surface area (Å²) in [6.45, 7) is 4.83. The highest BCUT2D eigenvalue weighted by molar-refractivity contribution is 5.92. The number of carbonyl (C=O) groups excluding carboxylic acids is 1. The molecular formula is C16H20N2O3. The summed E-state index contributed by atoms with van der Waals surface area (Å²) >= 11 is 0. The topological polar surface area (TPSA) is 61.2 Å². The molecule has 21 heavy (non-hydrogen) atoms. The van der Waals surface area contributed by atoms with Gasteiger partial charge in [0.05, 0.1) is 12.0 Å². The van der Waals surface area contributed by atoms with E-state index in [1.54, 1.807) is 31.5 Å². The van der Waals surface area contributed by atoms with Gasteiger partial charge in [-0.15, -0.1) is 0 Å². The number of aromatic nitrogens is 2. The van der Waals surface area contributed by atoms with E-state index in [2.05, 4.69) is 11.9 Å². The summed E-state index contributed by atoms with van der Waals surface area (Å²) < 4.78 is 6.84. The number of nitrogens with zero attached hydrogens (tertiary/aromatic N) is 2. The Morgan fingerprint density at radius 1 is 1.33 bits per heavy atom. The van der Waals surface area contributed by atoms with Gasteiger partial charge in [0.2, 0.25) is 5.43 Å². The van der Waals surface area contributed by atoms with Gasteiger partial charge in [-0.3, -0.25) is 4.79 Å². The number of hydrogen-bond donors (Lipinski definition) is 0. The van der Waals surface area contributed by atoms with Crippen LogP contribution in [0.3, 0.4) is 0 Å². The number of aryl methyl sites for hydroxylation is 1. The zero-order valence-corrected chi connectivity index (χ0v) is 12.5. The molecule has 0 atom stereocenters. The monoisotopic (exact) mass is 288 g/mol. The Morgan fingerprint density at radius 2 is 2.14 bits per heavy atom. The molecule has 0 aromatic carbocycles. The van der Waals surface area contributed by atoms with Gasteiger partial charge in [0.1, 0.15) is 11.2 Å². The van der Waals surface area contributed by atoms with E-state index in [9.17, 15) is 9.59 Å². The second-order valence-corrected chi connectivity index (χ2v) is 4.87. The Hall–Kier alpha value is -2.17. The highest BCUT2D eigenvalue weighted by Gasteiger charge is 2.16. The van der Waals surface area contributed by atoms with Crippen LogP contribution in [0.4, 0.5) is 0 Å². The lowest BCUT2D eigenvalue weighted by Gasteiger charge is -2.11. The molecule has 0 N–H and O–H groups in total. The third-order valence-electron chi connectivity index (χ3n) is 3.33. The van der Waals surface area contributed by atoms with Crippen molar-refractivity contribution in [3.05, 3.63) is 40.3 Å². The summed E-state index contributed by atoms with van der Waals surface area (Å²) in [6, 6.07) is 3.40. The van der Waals surface area contributed by atoms with Gasteiger partial charge in [-0.05, 0) is 25.5 Å². The Labute approximate surface area is 123 Å². The highest BCUT2D eigenvalue weighted by Crippen LogP contribution is 2.11. The first-order valence-electron chi connectivity index (χ1n) is 7.34. The molecule has 112 valence electrons. The van der Waals surface area contributed by atoms with Gasteiger partial charge in [-0.2, -0.15) is 0 Å². The van der Waals surface area contributed by atoms with Crippen LogP contribution in [0.1, 0.15) is 43.5 Å². The van der Waals surface area contributed by atoms with Crippen LogP contribution in [-0.4, -0.2) is 22.1 Å². The van der Waals surface area contributed by atoms with E-state index in [4.69, 9.17) is 4.74 Å². The molecule has 0 spiro atoms. The number of hydrogen-bond acceptors (Lipinski definition) is 4. The van der Waals surface area contributed by atoms with Crippen molar-refractivity contribution in [2.75, 3.05) is 6.61 Å². The van der Waals surface area contributed by atoms with Gasteiger partial charge in [-0.25, -0.2) is 9.78 Å². The van der Waals surface area contributed by atoms with Crippen LogP contribution in [0.25, 0.3) is 11.0 Å². The van der Waals surface area contributed by atoms with E-state index in [0.29, 0.717) is 11.0 Å². The first-order valence-corrected chi connectivity index (χ1v) is 7.34. The van der Waals surface area contributed by atoms with Crippen LogP contribution in [0, 0.1) is 0 Å². The molecule has 2 heterocycles. The fourth-order valence-corrected chi connectivity index (χ4v) is 2.28. The fourth-order valence-electron chi connectivity index (χ4n) is 2.28. The van der Waals surface area contributed by atoms with E-state index in [0.717, 1.165) is 25.8 Å². The highest BCUT2D eigenvalue weighted by atomic mass is 16.5. The second-order valence-electron chi connectivity index (χ2n) is 4.87. The lowest BCUT2D eigenvalue weighted by molar-refractivity contribution is 0.0524. The number of esters is 1. The lowest BCUT2D eigenvalue weighted by atomic mass is 10.2. The molecule has 0 aliphatic heterocycles. The summed E-state index contributed by atoms with van der Waals surface area (Å²) in [5.74, 6) is -0.572. The molecule has 5 heteroatoms. The van der Waals surface area contributed by atoms with Crippen molar-refractivity contribution < 1.29 is 9.53 Å². The number of ether oxygens (including phenoxy) is 1. The molecule has 0 saturated heterocycles. The molecule has 0 unspecified atom stereocenters. The van der Waals surface area contributed by atoms with Gasteiger partial charge < -0.3 is 9.30 Å². The normalized spacial score (nSPS) is 10.8. The predicted molar refractivity (Wildman–Crippen MR) is 81.5 cm³/mol. The van der Waals surface area contributed by atoms with Crippen LogP contribution < -0.4 is 5.43 Å². The van der Waals surface area contributed by atoms with E-state index in [1.165, 1.54) is 0 Å². The van der Waals surface area contributed by atoms with Crippen molar-refractivity contribution >= 4 is 17.0 Å². The first-order chi connectivity index (χ1) is 10.2. The van der Waals surface area contributed by atoms with Gasteiger partial charge in [-0.1, -0.05) is 19.8 Å². The number of unbranched alkanes of at least 4 members (excludes halogenated alkanes) is 2. The molecule has 2 rings (SSSR count). The van der Waals surface area contributed by atoms with Crippen molar-refractivity contribution in [1.82, 2.24) is 9.55 Å². The standard InChI is InChI=1S/C16H20N2O3/c1-3-5-6-10-18-11-13(16(20)21-4-2)14(19)12-8-7-9-17-15(12)18/h7-9,11H,3-6,10H2,1-2H3. The molecule has 0 saturated carbocycles. The zero-order valence-electron chi connectivity index (χ0n) is 12.5. The van der Waals surface area contributed by atoms with Gasteiger partial charge in [0, 0.05) is 18.9 Å². The van der Waals surface area contributed by atoms with Crippen LogP contribution in [-0.2, 0) is 11.3 Å². The molecule has 0 radical (unpaired) electrons. The van der Waals surface area contributed by atoms with Gasteiger partial charge in [0.15, 0.2) is 0 Å². The molecule has 0 amide bonds. The minimum atomic E-state index is -0.572. The maximum atomic E-state index is 12.4. The SMILES string of the molecule is CCCCCn1cc(C(=O)OCC)c(=O)c2cccnc21. The number of pyridine rings is 2.